The van der Waals surface area contributed by atoms with Gasteiger partial charge in [-0.2, -0.15) is 8.42 Å². The number of carbonyl (C=O) groups is 2. The second kappa shape index (κ2) is 11.0. The highest BCUT2D eigenvalue weighted by atomic mass is 35.5. The molecular formula is C32H34Cl3NO5S. The van der Waals surface area contributed by atoms with Crippen LogP contribution in [0, 0.1) is 10.8 Å². The maximum Gasteiger partial charge on any atom is 0.339 e. The van der Waals surface area contributed by atoms with Crippen molar-refractivity contribution >= 4 is 56.5 Å². The van der Waals surface area contributed by atoms with E-state index in [2.05, 4.69) is 39.5 Å². The van der Waals surface area contributed by atoms with E-state index >= 15 is 0 Å². The number of benzene rings is 2. The molecule has 6 nitrogen and oxygen atoms in total. The van der Waals surface area contributed by atoms with Crippen molar-refractivity contribution in [3.63, 3.8) is 0 Å². The summed E-state index contributed by atoms with van der Waals surface area (Å²) < 4.78 is 32.7. The summed E-state index contributed by atoms with van der Waals surface area (Å²) in [4.78, 5) is 30.2. The number of allylic oxidation sites excluding steroid dienone is 4. The smallest absolute Gasteiger partial charge is 0.339 e. The summed E-state index contributed by atoms with van der Waals surface area (Å²) in [5.74, 6) is -1.20. The lowest BCUT2D eigenvalue weighted by Crippen LogP contribution is -2.44. The van der Waals surface area contributed by atoms with Crippen molar-refractivity contribution in [1.29, 1.82) is 0 Å². The van der Waals surface area contributed by atoms with E-state index in [9.17, 15) is 18.0 Å². The molecule has 2 aliphatic carbocycles. The van der Waals surface area contributed by atoms with E-state index in [0.717, 1.165) is 17.8 Å². The quantitative estimate of drug-likeness (QED) is 0.292. The minimum Gasteiger partial charge on any atom is -0.377 e. The zero-order valence-corrected chi connectivity index (χ0v) is 27.4. The van der Waals surface area contributed by atoms with Crippen LogP contribution in [0.25, 0.3) is 0 Å². The lowest BCUT2D eigenvalue weighted by Gasteiger charge is -2.49. The molecule has 0 fully saturated rings. The lowest BCUT2D eigenvalue weighted by molar-refractivity contribution is -0.119. The van der Waals surface area contributed by atoms with Gasteiger partial charge in [0.15, 0.2) is 17.3 Å². The Bertz CT molecular complexity index is 1600. The summed E-state index contributed by atoms with van der Waals surface area (Å²) in [7, 11) is -4.37. The van der Waals surface area contributed by atoms with E-state index in [1.807, 2.05) is 0 Å². The second-order valence-corrected chi connectivity index (χ2v) is 15.8. The molecule has 0 atom stereocenters. The highest BCUT2D eigenvalue weighted by Gasteiger charge is 2.49. The highest BCUT2D eigenvalue weighted by molar-refractivity contribution is 7.87. The van der Waals surface area contributed by atoms with Crippen LogP contribution in [-0.2, 0) is 19.7 Å². The van der Waals surface area contributed by atoms with E-state index in [-0.39, 0.29) is 61.5 Å². The number of hydrogen-bond donors (Lipinski definition) is 0. The molecule has 2 aromatic carbocycles. The highest BCUT2D eigenvalue weighted by Crippen LogP contribution is 2.56. The van der Waals surface area contributed by atoms with Crippen LogP contribution in [-0.4, -0.2) is 31.4 Å². The summed E-state index contributed by atoms with van der Waals surface area (Å²) in [6.07, 6.45) is 2.65. The molecule has 5 rings (SSSR count). The van der Waals surface area contributed by atoms with Crippen LogP contribution in [0.3, 0.4) is 0 Å². The maximum absolute atomic E-state index is 14.1. The van der Waals surface area contributed by atoms with Gasteiger partial charge < -0.3 is 9.08 Å². The normalized spacial score (nSPS) is 20.5. The predicted molar refractivity (Wildman–Crippen MR) is 166 cm³/mol. The van der Waals surface area contributed by atoms with Gasteiger partial charge in [-0.1, -0.05) is 69.4 Å². The zero-order chi connectivity index (χ0) is 30.8. The fraction of sp³-hybridized carbons (Fsp3) is 0.438. The van der Waals surface area contributed by atoms with Gasteiger partial charge in [-0.05, 0) is 66.5 Å². The minimum atomic E-state index is -4.37. The van der Waals surface area contributed by atoms with Crippen LogP contribution in [0.4, 0.5) is 0 Å². The molecule has 1 aliphatic heterocycles. The standard InChI is InChI=1S/C32H34Cl3NO5S/c1-6-11-36-23-14-31(2,3)16-25(37)28(23)27(29-24(36)15-32(4,5)17-26(29)38)21-12-19(34)13-22(35)30(21)41-42(39,40)20-9-7-18(33)8-10-20/h7-10,12-13,27H,6,11,14-17H2,1-5H3. The van der Waals surface area contributed by atoms with Crippen molar-refractivity contribution in [2.45, 2.75) is 77.5 Å². The fourth-order valence-electron chi connectivity index (χ4n) is 6.49. The number of carbonyl (C=O) groups excluding carboxylic acids is 2. The number of halogens is 3. The van der Waals surface area contributed by atoms with Gasteiger partial charge >= 0.3 is 10.1 Å². The Morgan fingerprint density at radius 1 is 0.833 bits per heavy atom. The van der Waals surface area contributed by atoms with E-state index in [1.54, 1.807) is 6.07 Å². The van der Waals surface area contributed by atoms with Crippen molar-refractivity contribution in [1.82, 2.24) is 4.90 Å². The molecule has 0 amide bonds. The Kier molecular flexibility index (Phi) is 8.14. The Morgan fingerprint density at radius 2 is 1.36 bits per heavy atom. The predicted octanol–water partition coefficient (Wildman–Crippen LogP) is 8.51. The molecule has 0 aromatic heterocycles. The minimum absolute atomic E-state index is 0.0393. The van der Waals surface area contributed by atoms with E-state index in [4.69, 9.17) is 39.0 Å². The molecule has 10 heteroatoms. The monoisotopic (exact) mass is 649 g/mol. The van der Waals surface area contributed by atoms with Crippen molar-refractivity contribution in [3.05, 3.63) is 79.6 Å². The molecule has 0 saturated carbocycles. The SMILES string of the molecule is CCCN1C2=C(C(=O)CC(C)(C)C2)C(c2cc(Cl)cc(Cl)c2OS(=O)(=O)c2ccc(Cl)cc2)C2=C1CC(C)(C)CC2=O. The van der Waals surface area contributed by atoms with Gasteiger partial charge in [0.25, 0.3) is 0 Å². The van der Waals surface area contributed by atoms with Gasteiger partial charge in [0.2, 0.25) is 0 Å². The van der Waals surface area contributed by atoms with Gasteiger partial charge in [-0.3, -0.25) is 9.59 Å². The van der Waals surface area contributed by atoms with Gasteiger partial charge in [-0.25, -0.2) is 0 Å². The van der Waals surface area contributed by atoms with Crippen LogP contribution in [0.5, 0.6) is 5.75 Å². The lowest BCUT2D eigenvalue weighted by atomic mass is 9.63. The largest absolute Gasteiger partial charge is 0.377 e. The Labute approximate surface area is 262 Å². The molecule has 0 spiro atoms. The first kappa shape index (κ1) is 31.1. The van der Waals surface area contributed by atoms with Crippen LogP contribution in [0.2, 0.25) is 15.1 Å². The van der Waals surface area contributed by atoms with E-state index in [0.29, 0.717) is 35.6 Å². The average Bonchev–Trinajstić information content (AvgIpc) is 2.85. The Hall–Kier alpha value is -2.32. The van der Waals surface area contributed by atoms with Crippen LogP contribution >= 0.6 is 34.8 Å². The van der Waals surface area contributed by atoms with Crippen molar-refractivity contribution in [2.24, 2.45) is 10.8 Å². The molecule has 0 saturated heterocycles. The molecule has 0 radical (unpaired) electrons. The van der Waals surface area contributed by atoms with Crippen molar-refractivity contribution in [3.8, 4) is 5.75 Å². The first-order valence-electron chi connectivity index (χ1n) is 14.0. The third kappa shape index (κ3) is 5.78. The van der Waals surface area contributed by atoms with E-state index < -0.39 is 16.0 Å². The summed E-state index contributed by atoms with van der Waals surface area (Å²) >= 11 is 19.2. The molecule has 1 heterocycles. The van der Waals surface area contributed by atoms with Gasteiger partial charge in [0, 0.05) is 63.5 Å². The maximum atomic E-state index is 14.1. The Balaban J connectivity index is 1.79. The fourth-order valence-corrected chi connectivity index (χ4v) is 8.18. The molecule has 0 unspecified atom stereocenters. The summed E-state index contributed by atoms with van der Waals surface area (Å²) in [5, 5.41) is 0.565. The first-order chi connectivity index (χ1) is 19.5. The second-order valence-electron chi connectivity index (χ2n) is 13.0. The molecule has 2 aromatic rings. The number of hydrogen-bond acceptors (Lipinski definition) is 6. The van der Waals surface area contributed by atoms with Gasteiger partial charge in [-0.15, -0.1) is 0 Å². The molecule has 3 aliphatic rings. The van der Waals surface area contributed by atoms with Gasteiger partial charge in [0.1, 0.15) is 4.90 Å². The van der Waals surface area contributed by atoms with E-state index in [1.165, 1.54) is 30.3 Å². The van der Waals surface area contributed by atoms with Crippen LogP contribution < -0.4 is 4.18 Å². The average molecular weight is 651 g/mol. The zero-order valence-electron chi connectivity index (χ0n) is 24.3. The van der Waals surface area contributed by atoms with Crippen LogP contribution in [0.1, 0.15) is 78.2 Å². The summed E-state index contributed by atoms with van der Waals surface area (Å²) in [6.45, 7) is 11.0. The third-order valence-electron chi connectivity index (χ3n) is 8.11. The topological polar surface area (TPSA) is 80.8 Å². The summed E-state index contributed by atoms with van der Waals surface area (Å²) in [5.41, 5.74) is 2.42. The number of rotatable bonds is 6. The molecular weight excluding hydrogens is 617 g/mol. The third-order valence-corrected chi connectivity index (χ3v) is 10.1. The Morgan fingerprint density at radius 3 is 1.86 bits per heavy atom. The van der Waals surface area contributed by atoms with Crippen LogP contribution in [0.15, 0.2) is 63.8 Å². The van der Waals surface area contributed by atoms with Crippen molar-refractivity contribution in [2.75, 3.05) is 6.54 Å². The number of ketones is 2. The summed E-state index contributed by atoms with van der Waals surface area (Å²) in [6, 6.07) is 8.54. The van der Waals surface area contributed by atoms with Gasteiger partial charge in [0.05, 0.1) is 5.02 Å². The molecule has 0 N–H and O–H groups in total. The van der Waals surface area contributed by atoms with Crippen molar-refractivity contribution < 1.29 is 22.2 Å². The number of nitrogens with zero attached hydrogens (tertiary/aromatic N) is 1. The molecule has 224 valence electrons. The first-order valence-corrected chi connectivity index (χ1v) is 16.6. The molecule has 0 bridgehead atoms. The number of Topliss-reactive ketones (excluding diaryl/α,β-unsaturated/α-hetero) is 2. The molecule has 42 heavy (non-hydrogen) atoms.